The molecule has 0 amide bonds. The highest BCUT2D eigenvalue weighted by atomic mass is 19.4. The first-order valence-electron chi connectivity index (χ1n) is 11.0. The maximum atomic E-state index is 14.1. The Kier molecular flexibility index (Phi) is 6.70. The minimum atomic E-state index is -4.30. The standard InChI is InChI=1S/C24H28F4N2O/c25-22-16-18-4-3-5-19(18)17-23(22)31-15-2-1-10-29-11-13-30(14-12-29)21-8-6-20(7-9-21)24(26,27)28/h6-9,16-17H,1-5,10-15H2. The van der Waals surface area contributed by atoms with Gasteiger partial charge in [0, 0.05) is 31.9 Å². The van der Waals surface area contributed by atoms with Crippen LogP contribution in [0, 0.1) is 5.82 Å². The van der Waals surface area contributed by atoms with Crippen molar-refractivity contribution in [1.29, 1.82) is 0 Å². The summed E-state index contributed by atoms with van der Waals surface area (Å²) in [6.07, 6.45) is 0.573. The van der Waals surface area contributed by atoms with Crippen molar-refractivity contribution in [2.75, 3.05) is 44.2 Å². The van der Waals surface area contributed by atoms with Crippen LogP contribution in [0.3, 0.4) is 0 Å². The van der Waals surface area contributed by atoms with Gasteiger partial charge in [0.15, 0.2) is 11.6 Å². The fourth-order valence-corrected chi connectivity index (χ4v) is 4.39. The summed E-state index contributed by atoms with van der Waals surface area (Å²) in [6.45, 7) is 4.78. The zero-order chi connectivity index (χ0) is 21.8. The molecule has 0 spiro atoms. The van der Waals surface area contributed by atoms with Crippen LogP contribution in [0.25, 0.3) is 0 Å². The number of anilines is 1. The molecular formula is C24H28F4N2O. The number of ether oxygens (including phenoxy) is 1. The van der Waals surface area contributed by atoms with Gasteiger partial charge in [-0.1, -0.05) is 0 Å². The number of aryl methyl sites for hydroxylation is 2. The first kappa shape index (κ1) is 21.9. The number of piperazine rings is 1. The molecule has 0 unspecified atom stereocenters. The van der Waals surface area contributed by atoms with E-state index >= 15 is 0 Å². The van der Waals surface area contributed by atoms with Gasteiger partial charge in [-0.2, -0.15) is 13.2 Å². The van der Waals surface area contributed by atoms with Crippen LogP contribution >= 0.6 is 0 Å². The van der Waals surface area contributed by atoms with Gasteiger partial charge in [0.05, 0.1) is 12.2 Å². The molecule has 0 atom stereocenters. The molecule has 1 aliphatic heterocycles. The minimum Gasteiger partial charge on any atom is -0.491 e. The van der Waals surface area contributed by atoms with Crippen molar-refractivity contribution in [3.63, 3.8) is 0 Å². The van der Waals surface area contributed by atoms with E-state index in [1.807, 2.05) is 6.07 Å². The molecule has 0 radical (unpaired) electrons. The molecule has 0 bridgehead atoms. The maximum absolute atomic E-state index is 14.1. The summed E-state index contributed by atoms with van der Waals surface area (Å²) in [5, 5.41) is 0. The molecule has 1 aliphatic carbocycles. The lowest BCUT2D eigenvalue weighted by Gasteiger charge is -2.36. The largest absolute Gasteiger partial charge is 0.491 e. The third-order valence-electron chi connectivity index (χ3n) is 6.20. The van der Waals surface area contributed by atoms with Gasteiger partial charge in [-0.25, -0.2) is 4.39 Å². The molecule has 4 rings (SSSR count). The predicted molar refractivity (Wildman–Crippen MR) is 113 cm³/mol. The highest BCUT2D eigenvalue weighted by Gasteiger charge is 2.30. The highest BCUT2D eigenvalue weighted by molar-refractivity contribution is 5.48. The van der Waals surface area contributed by atoms with Gasteiger partial charge in [-0.15, -0.1) is 0 Å². The van der Waals surface area contributed by atoms with E-state index in [4.69, 9.17) is 4.74 Å². The van der Waals surface area contributed by atoms with E-state index in [-0.39, 0.29) is 5.82 Å². The van der Waals surface area contributed by atoms with Crippen LogP contribution in [-0.4, -0.2) is 44.2 Å². The third-order valence-corrected chi connectivity index (χ3v) is 6.20. The van der Waals surface area contributed by atoms with E-state index in [9.17, 15) is 17.6 Å². The number of unbranched alkanes of at least 4 members (excludes halogenated alkanes) is 1. The van der Waals surface area contributed by atoms with Crippen molar-refractivity contribution in [1.82, 2.24) is 4.90 Å². The van der Waals surface area contributed by atoms with Crippen molar-refractivity contribution >= 4 is 5.69 Å². The minimum absolute atomic E-state index is 0.264. The molecule has 1 saturated heterocycles. The normalized spacial score (nSPS) is 17.1. The topological polar surface area (TPSA) is 15.7 Å². The number of nitrogens with zero attached hydrogens (tertiary/aromatic N) is 2. The molecule has 0 saturated carbocycles. The van der Waals surface area contributed by atoms with Crippen molar-refractivity contribution in [2.45, 2.75) is 38.3 Å². The maximum Gasteiger partial charge on any atom is 0.416 e. The molecule has 1 fully saturated rings. The second kappa shape index (κ2) is 9.47. The summed E-state index contributed by atoms with van der Waals surface area (Å²) in [7, 11) is 0. The lowest BCUT2D eigenvalue weighted by atomic mass is 10.1. The molecule has 7 heteroatoms. The van der Waals surface area contributed by atoms with Gasteiger partial charge in [0.25, 0.3) is 0 Å². The van der Waals surface area contributed by atoms with Crippen molar-refractivity contribution < 1.29 is 22.3 Å². The number of benzene rings is 2. The molecular weight excluding hydrogens is 408 g/mol. The van der Waals surface area contributed by atoms with E-state index < -0.39 is 11.7 Å². The van der Waals surface area contributed by atoms with Crippen molar-refractivity contribution in [3.05, 3.63) is 58.9 Å². The third kappa shape index (κ3) is 5.50. The Balaban J connectivity index is 1.15. The second-order valence-corrected chi connectivity index (χ2v) is 8.33. The van der Waals surface area contributed by atoms with Crippen LogP contribution in [0.15, 0.2) is 36.4 Å². The summed E-state index contributed by atoms with van der Waals surface area (Å²) < 4.78 is 57.9. The van der Waals surface area contributed by atoms with Crippen LogP contribution in [0.4, 0.5) is 23.2 Å². The Hall–Kier alpha value is -2.28. The van der Waals surface area contributed by atoms with E-state index in [1.54, 1.807) is 18.2 Å². The molecule has 0 N–H and O–H groups in total. The van der Waals surface area contributed by atoms with Gasteiger partial charge in [-0.3, -0.25) is 4.90 Å². The van der Waals surface area contributed by atoms with E-state index in [0.717, 1.165) is 88.2 Å². The molecule has 2 aliphatic rings. The van der Waals surface area contributed by atoms with Crippen LogP contribution < -0.4 is 9.64 Å². The van der Waals surface area contributed by atoms with Crippen LogP contribution in [0.1, 0.15) is 36.0 Å². The average molecular weight is 436 g/mol. The fourth-order valence-electron chi connectivity index (χ4n) is 4.39. The summed E-state index contributed by atoms with van der Waals surface area (Å²) in [5.74, 6) is 0.103. The highest BCUT2D eigenvalue weighted by Crippen LogP contribution is 2.31. The number of fused-ring (bicyclic) bond motifs is 1. The molecule has 168 valence electrons. The fraction of sp³-hybridized carbons (Fsp3) is 0.500. The van der Waals surface area contributed by atoms with Crippen molar-refractivity contribution in [3.8, 4) is 5.75 Å². The van der Waals surface area contributed by atoms with E-state index in [1.165, 1.54) is 5.56 Å². The lowest BCUT2D eigenvalue weighted by molar-refractivity contribution is -0.137. The summed E-state index contributed by atoms with van der Waals surface area (Å²) >= 11 is 0. The number of halogens is 4. The van der Waals surface area contributed by atoms with E-state index in [0.29, 0.717) is 12.4 Å². The number of alkyl halides is 3. The zero-order valence-corrected chi connectivity index (χ0v) is 17.6. The predicted octanol–water partition coefficient (Wildman–Crippen LogP) is 5.31. The Morgan fingerprint density at radius 1 is 0.871 bits per heavy atom. The van der Waals surface area contributed by atoms with Crippen LogP contribution in [0.2, 0.25) is 0 Å². The number of hydrogen-bond acceptors (Lipinski definition) is 3. The molecule has 31 heavy (non-hydrogen) atoms. The Labute approximate surface area is 180 Å². The quantitative estimate of drug-likeness (QED) is 0.432. The zero-order valence-electron chi connectivity index (χ0n) is 17.6. The Morgan fingerprint density at radius 2 is 1.55 bits per heavy atom. The smallest absolute Gasteiger partial charge is 0.416 e. The number of rotatable bonds is 7. The van der Waals surface area contributed by atoms with Gasteiger partial charge in [-0.05, 0) is 86.2 Å². The number of hydrogen-bond donors (Lipinski definition) is 0. The van der Waals surface area contributed by atoms with E-state index in [2.05, 4.69) is 9.80 Å². The Morgan fingerprint density at radius 3 is 2.23 bits per heavy atom. The summed E-state index contributed by atoms with van der Waals surface area (Å²) in [6, 6.07) is 8.87. The first-order valence-corrected chi connectivity index (χ1v) is 11.0. The van der Waals surface area contributed by atoms with Gasteiger partial charge in [0.2, 0.25) is 0 Å². The first-order chi connectivity index (χ1) is 14.9. The lowest BCUT2D eigenvalue weighted by Crippen LogP contribution is -2.46. The van der Waals surface area contributed by atoms with Crippen LogP contribution in [0.5, 0.6) is 5.75 Å². The SMILES string of the molecule is Fc1cc2c(cc1OCCCCN1CCN(c3ccc(C(F)(F)F)cc3)CC1)CCC2. The summed E-state index contributed by atoms with van der Waals surface area (Å²) in [4.78, 5) is 4.48. The summed E-state index contributed by atoms with van der Waals surface area (Å²) in [5.41, 5.74) is 2.54. The monoisotopic (exact) mass is 436 g/mol. The Bertz CT molecular complexity index is 874. The molecule has 2 aromatic rings. The van der Waals surface area contributed by atoms with Gasteiger partial charge >= 0.3 is 6.18 Å². The molecule has 3 nitrogen and oxygen atoms in total. The molecule has 2 aromatic carbocycles. The second-order valence-electron chi connectivity index (χ2n) is 8.33. The molecule has 0 aromatic heterocycles. The van der Waals surface area contributed by atoms with Gasteiger partial charge < -0.3 is 9.64 Å². The molecule has 1 heterocycles. The van der Waals surface area contributed by atoms with Gasteiger partial charge in [0.1, 0.15) is 0 Å². The van der Waals surface area contributed by atoms with Crippen molar-refractivity contribution in [2.24, 2.45) is 0 Å². The van der Waals surface area contributed by atoms with Crippen LogP contribution in [-0.2, 0) is 19.0 Å². The average Bonchev–Trinajstić information content (AvgIpc) is 3.20.